The predicted octanol–water partition coefficient (Wildman–Crippen LogP) is 3.63. The minimum atomic E-state index is -3.79. The van der Waals surface area contributed by atoms with Gasteiger partial charge in [-0.1, -0.05) is 24.6 Å². The van der Waals surface area contributed by atoms with Crippen LogP contribution in [-0.4, -0.2) is 20.0 Å². The average molecular weight is 341 g/mol. The van der Waals surface area contributed by atoms with E-state index in [-0.39, 0.29) is 10.7 Å². The second-order valence-corrected chi connectivity index (χ2v) is 6.85. The Labute approximate surface area is 135 Å². The smallest absolute Gasteiger partial charge is 0.266 e. The number of aryl methyl sites for hydroxylation is 1. The summed E-state index contributed by atoms with van der Waals surface area (Å²) in [5.41, 5.74) is 0.827. The van der Waals surface area contributed by atoms with Crippen LogP contribution in [0.4, 0.5) is 5.82 Å². The van der Waals surface area contributed by atoms with Crippen LogP contribution in [0.25, 0.3) is 0 Å². The molecule has 0 saturated carbocycles. The second-order valence-electron chi connectivity index (χ2n) is 4.77. The zero-order valence-electron chi connectivity index (χ0n) is 12.3. The summed E-state index contributed by atoms with van der Waals surface area (Å²) < 4.78 is 33.1. The maximum absolute atomic E-state index is 12.6. The van der Waals surface area contributed by atoms with E-state index in [2.05, 4.69) is 9.71 Å². The van der Waals surface area contributed by atoms with Crippen molar-refractivity contribution >= 4 is 27.4 Å². The lowest BCUT2D eigenvalue weighted by Crippen LogP contribution is -2.15. The van der Waals surface area contributed by atoms with Gasteiger partial charge in [0.2, 0.25) is 0 Å². The SMILES string of the molecule is CCCOc1ccc(C)cc1S(=O)(=O)Nc1ccc(Cl)cn1. The van der Waals surface area contributed by atoms with Crippen molar-refractivity contribution in [1.82, 2.24) is 4.98 Å². The Balaban J connectivity index is 2.35. The van der Waals surface area contributed by atoms with E-state index in [4.69, 9.17) is 16.3 Å². The molecular formula is C15H17ClN2O3S. The maximum atomic E-state index is 12.6. The van der Waals surface area contributed by atoms with Crippen molar-refractivity contribution < 1.29 is 13.2 Å². The van der Waals surface area contributed by atoms with Gasteiger partial charge in [-0.25, -0.2) is 13.4 Å². The summed E-state index contributed by atoms with van der Waals surface area (Å²) >= 11 is 5.74. The van der Waals surface area contributed by atoms with Gasteiger partial charge in [0.1, 0.15) is 16.5 Å². The lowest BCUT2D eigenvalue weighted by molar-refractivity contribution is 0.309. The molecule has 2 aromatic rings. The molecule has 0 fully saturated rings. The molecule has 0 aliphatic carbocycles. The monoisotopic (exact) mass is 340 g/mol. The number of pyridine rings is 1. The van der Waals surface area contributed by atoms with Crippen molar-refractivity contribution in [3.05, 3.63) is 47.1 Å². The van der Waals surface area contributed by atoms with Crippen molar-refractivity contribution in [2.75, 3.05) is 11.3 Å². The van der Waals surface area contributed by atoms with Gasteiger partial charge in [-0.15, -0.1) is 0 Å². The topological polar surface area (TPSA) is 68.3 Å². The summed E-state index contributed by atoms with van der Waals surface area (Å²) in [6, 6.07) is 8.11. The number of aromatic nitrogens is 1. The van der Waals surface area contributed by atoms with E-state index in [1.807, 2.05) is 19.9 Å². The Hall–Kier alpha value is -1.79. The predicted molar refractivity (Wildman–Crippen MR) is 87.0 cm³/mol. The summed E-state index contributed by atoms with van der Waals surface area (Å²) in [6.07, 6.45) is 2.17. The van der Waals surface area contributed by atoms with Crippen LogP contribution in [0, 0.1) is 6.92 Å². The second kappa shape index (κ2) is 6.98. The van der Waals surface area contributed by atoms with Crippen molar-refractivity contribution in [1.29, 1.82) is 0 Å². The lowest BCUT2D eigenvalue weighted by atomic mass is 10.2. The fraction of sp³-hybridized carbons (Fsp3) is 0.267. The maximum Gasteiger partial charge on any atom is 0.266 e. The van der Waals surface area contributed by atoms with Gasteiger partial charge in [0.15, 0.2) is 0 Å². The molecule has 1 aromatic carbocycles. The van der Waals surface area contributed by atoms with Gasteiger partial charge in [0.05, 0.1) is 11.6 Å². The van der Waals surface area contributed by atoms with Gasteiger partial charge in [-0.05, 0) is 43.2 Å². The standard InChI is InChI=1S/C15H17ClN2O3S/c1-3-8-21-13-6-4-11(2)9-14(13)22(19,20)18-15-7-5-12(16)10-17-15/h4-7,9-10H,3,8H2,1-2H3,(H,17,18). The Morgan fingerprint density at radius 2 is 2.05 bits per heavy atom. The molecule has 22 heavy (non-hydrogen) atoms. The number of hydrogen-bond acceptors (Lipinski definition) is 4. The van der Waals surface area contributed by atoms with Gasteiger partial charge in [-0.2, -0.15) is 0 Å². The molecule has 2 rings (SSSR count). The minimum absolute atomic E-state index is 0.0951. The summed E-state index contributed by atoms with van der Waals surface area (Å²) in [7, 11) is -3.79. The zero-order valence-corrected chi connectivity index (χ0v) is 13.9. The third-order valence-corrected chi connectivity index (χ3v) is 4.42. The van der Waals surface area contributed by atoms with Crippen molar-refractivity contribution in [2.45, 2.75) is 25.2 Å². The summed E-state index contributed by atoms with van der Waals surface area (Å²) in [5, 5.41) is 0.436. The number of hydrogen-bond donors (Lipinski definition) is 1. The van der Waals surface area contributed by atoms with Crippen molar-refractivity contribution in [3.63, 3.8) is 0 Å². The number of sulfonamides is 1. The molecule has 0 aliphatic heterocycles. The van der Waals surface area contributed by atoms with Crippen LogP contribution in [0.3, 0.4) is 0 Å². The third-order valence-electron chi connectivity index (χ3n) is 2.82. The molecule has 1 N–H and O–H groups in total. The van der Waals surface area contributed by atoms with Crippen LogP contribution < -0.4 is 9.46 Å². The fourth-order valence-corrected chi connectivity index (χ4v) is 3.14. The zero-order chi connectivity index (χ0) is 16.2. The first-order chi connectivity index (χ1) is 10.4. The summed E-state index contributed by atoms with van der Waals surface area (Å²) in [6.45, 7) is 4.23. The Kier molecular flexibility index (Phi) is 5.26. The first-order valence-corrected chi connectivity index (χ1v) is 8.66. The van der Waals surface area contributed by atoms with Gasteiger partial charge in [0, 0.05) is 6.20 Å². The van der Waals surface area contributed by atoms with Gasteiger partial charge >= 0.3 is 0 Å². The highest BCUT2D eigenvalue weighted by Gasteiger charge is 2.20. The van der Waals surface area contributed by atoms with Gasteiger partial charge in [0.25, 0.3) is 10.0 Å². The Bertz CT molecular complexity index is 746. The molecule has 1 heterocycles. The Morgan fingerprint density at radius 3 is 2.68 bits per heavy atom. The quantitative estimate of drug-likeness (QED) is 0.871. The molecule has 118 valence electrons. The molecule has 0 amide bonds. The van der Waals surface area contributed by atoms with Crippen LogP contribution in [0.1, 0.15) is 18.9 Å². The number of rotatable bonds is 6. The first-order valence-electron chi connectivity index (χ1n) is 6.80. The van der Waals surface area contributed by atoms with Crippen LogP contribution in [-0.2, 0) is 10.0 Å². The van der Waals surface area contributed by atoms with Crippen LogP contribution in [0.5, 0.6) is 5.75 Å². The molecule has 0 unspecified atom stereocenters. The summed E-state index contributed by atoms with van der Waals surface area (Å²) in [4.78, 5) is 4.04. The molecule has 1 aromatic heterocycles. The highest BCUT2D eigenvalue weighted by molar-refractivity contribution is 7.92. The van der Waals surface area contributed by atoms with Gasteiger partial charge in [-0.3, -0.25) is 4.72 Å². The number of ether oxygens (including phenoxy) is 1. The normalized spacial score (nSPS) is 11.2. The van der Waals surface area contributed by atoms with Crippen molar-refractivity contribution in [2.24, 2.45) is 0 Å². The highest BCUT2D eigenvalue weighted by Crippen LogP contribution is 2.27. The molecule has 0 saturated heterocycles. The van der Waals surface area contributed by atoms with Crippen LogP contribution >= 0.6 is 11.6 Å². The van der Waals surface area contributed by atoms with E-state index in [0.29, 0.717) is 17.4 Å². The summed E-state index contributed by atoms with van der Waals surface area (Å²) in [5.74, 6) is 0.529. The molecule has 5 nitrogen and oxygen atoms in total. The van der Waals surface area contributed by atoms with E-state index in [1.165, 1.54) is 12.3 Å². The highest BCUT2D eigenvalue weighted by atomic mass is 35.5. The minimum Gasteiger partial charge on any atom is -0.492 e. The lowest BCUT2D eigenvalue weighted by Gasteiger charge is -2.13. The fourth-order valence-electron chi connectivity index (χ4n) is 1.79. The molecule has 0 radical (unpaired) electrons. The molecule has 7 heteroatoms. The number of nitrogens with one attached hydrogen (secondary N) is 1. The third kappa shape index (κ3) is 4.11. The molecular weight excluding hydrogens is 324 g/mol. The average Bonchev–Trinajstić information content (AvgIpc) is 2.48. The van der Waals surface area contributed by atoms with E-state index in [0.717, 1.165) is 12.0 Å². The van der Waals surface area contributed by atoms with E-state index >= 15 is 0 Å². The number of benzene rings is 1. The number of halogens is 1. The van der Waals surface area contributed by atoms with Crippen LogP contribution in [0.15, 0.2) is 41.4 Å². The van der Waals surface area contributed by atoms with E-state index < -0.39 is 10.0 Å². The molecule has 0 spiro atoms. The van der Waals surface area contributed by atoms with Crippen molar-refractivity contribution in [3.8, 4) is 5.75 Å². The first kappa shape index (κ1) is 16.6. The largest absolute Gasteiger partial charge is 0.492 e. The Morgan fingerprint density at radius 1 is 1.27 bits per heavy atom. The van der Waals surface area contributed by atoms with E-state index in [1.54, 1.807) is 18.2 Å². The number of nitrogens with zero attached hydrogens (tertiary/aromatic N) is 1. The van der Waals surface area contributed by atoms with E-state index in [9.17, 15) is 8.42 Å². The molecule has 0 aliphatic rings. The molecule has 0 atom stereocenters. The van der Waals surface area contributed by atoms with Crippen LogP contribution in [0.2, 0.25) is 5.02 Å². The number of anilines is 1. The molecule has 0 bridgehead atoms. The van der Waals surface area contributed by atoms with Gasteiger partial charge < -0.3 is 4.74 Å².